The molecule has 3 rings (SSSR count). The summed E-state index contributed by atoms with van der Waals surface area (Å²) in [5.74, 6) is -0.845. The maximum absolute atomic E-state index is 13.1. The van der Waals surface area contributed by atoms with Crippen LogP contribution < -0.4 is 10.0 Å². The molecular weight excluding hydrogens is 427 g/mol. The molecule has 30 heavy (non-hydrogen) atoms. The average molecular weight is 447 g/mol. The van der Waals surface area contributed by atoms with Gasteiger partial charge in [0.05, 0.1) is 21.5 Å². The van der Waals surface area contributed by atoms with E-state index in [9.17, 15) is 17.6 Å². The lowest BCUT2D eigenvalue weighted by Crippen LogP contribution is -2.27. The van der Waals surface area contributed by atoms with Crippen LogP contribution in [0.25, 0.3) is 0 Å². The predicted molar refractivity (Wildman–Crippen MR) is 116 cm³/mol. The Kier molecular flexibility index (Phi) is 6.43. The highest BCUT2D eigenvalue weighted by Gasteiger charge is 2.18. The van der Waals surface area contributed by atoms with E-state index in [0.717, 1.165) is 11.1 Å². The van der Waals surface area contributed by atoms with E-state index in [2.05, 4.69) is 10.0 Å². The maximum atomic E-state index is 13.1. The molecule has 0 aliphatic rings. The number of hydrogen-bond donors (Lipinski definition) is 2. The molecule has 0 saturated heterocycles. The van der Waals surface area contributed by atoms with Crippen molar-refractivity contribution in [1.29, 1.82) is 0 Å². The third kappa shape index (κ3) is 5.17. The zero-order chi connectivity index (χ0) is 21.9. The average Bonchev–Trinajstić information content (AvgIpc) is 2.70. The molecule has 0 bridgehead atoms. The lowest BCUT2D eigenvalue weighted by atomic mass is 10.1. The zero-order valence-corrected chi connectivity index (χ0v) is 17.9. The molecule has 3 aromatic carbocycles. The lowest BCUT2D eigenvalue weighted by molar-refractivity contribution is 0.0940. The number of sulfonamides is 1. The molecule has 3 aromatic rings. The van der Waals surface area contributed by atoms with Crippen molar-refractivity contribution in [1.82, 2.24) is 5.32 Å². The molecule has 2 N–H and O–H groups in total. The van der Waals surface area contributed by atoms with Crippen LogP contribution >= 0.6 is 11.6 Å². The van der Waals surface area contributed by atoms with Gasteiger partial charge in [0, 0.05) is 5.69 Å². The van der Waals surface area contributed by atoms with Gasteiger partial charge in [-0.3, -0.25) is 9.52 Å². The van der Waals surface area contributed by atoms with Gasteiger partial charge in [0.25, 0.3) is 15.9 Å². The SMILES string of the molecule is Cc1ccc(S(=O)(=O)Nc2ccc(Cl)c(C(=O)NC(C)c3ccc(F)cc3)c2)cc1. The summed E-state index contributed by atoms with van der Waals surface area (Å²) >= 11 is 6.16. The molecule has 0 radical (unpaired) electrons. The number of carbonyl (C=O) groups is 1. The van der Waals surface area contributed by atoms with Crippen LogP contribution in [-0.4, -0.2) is 14.3 Å². The topological polar surface area (TPSA) is 75.3 Å². The first-order valence-corrected chi connectivity index (χ1v) is 11.0. The summed E-state index contributed by atoms with van der Waals surface area (Å²) in [6, 6.07) is 16.1. The minimum Gasteiger partial charge on any atom is -0.345 e. The van der Waals surface area contributed by atoms with Crippen LogP contribution in [0.1, 0.15) is 34.5 Å². The molecule has 0 aliphatic carbocycles. The van der Waals surface area contributed by atoms with Crippen molar-refractivity contribution in [2.45, 2.75) is 24.8 Å². The van der Waals surface area contributed by atoms with Crippen LogP contribution in [-0.2, 0) is 10.0 Å². The lowest BCUT2D eigenvalue weighted by Gasteiger charge is -2.16. The summed E-state index contributed by atoms with van der Waals surface area (Å²) < 4.78 is 40.7. The summed E-state index contributed by atoms with van der Waals surface area (Å²) in [5.41, 5.74) is 1.99. The van der Waals surface area contributed by atoms with Gasteiger partial charge in [0.1, 0.15) is 5.82 Å². The van der Waals surface area contributed by atoms with E-state index < -0.39 is 22.0 Å². The normalized spacial score (nSPS) is 12.3. The zero-order valence-electron chi connectivity index (χ0n) is 16.3. The molecule has 8 heteroatoms. The number of benzene rings is 3. The monoisotopic (exact) mass is 446 g/mol. The van der Waals surface area contributed by atoms with E-state index in [0.29, 0.717) is 0 Å². The Hall–Kier alpha value is -2.90. The van der Waals surface area contributed by atoms with E-state index in [-0.39, 0.29) is 27.0 Å². The summed E-state index contributed by atoms with van der Waals surface area (Å²) in [7, 11) is -3.82. The predicted octanol–water partition coefficient (Wildman–Crippen LogP) is 5.08. The van der Waals surface area contributed by atoms with Crippen LogP contribution in [0.5, 0.6) is 0 Å². The third-order valence-corrected chi connectivity index (χ3v) is 6.24. The second-order valence-electron chi connectivity index (χ2n) is 6.86. The van der Waals surface area contributed by atoms with Crippen LogP contribution in [0.2, 0.25) is 5.02 Å². The van der Waals surface area contributed by atoms with Crippen molar-refractivity contribution in [3.8, 4) is 0 Å². The number of anilines is 1. The first kappa shape index (κ1) is 21.8. The molecule has 0 spiro atoms. The Morgan fingerprint density at radius 3 is 2.27 bits per heavy atom. The number of hydrogen-bond acceptors (Lipinski definition) is 3. The first-order chi connectivity index (χ1) is 14.2. The molecular formula is C22H20ClFN2O3S. The van der Waals surface area contributed by atoms with Gasteiger partial charge in [0.2, 0.25) is 0 Å². The molecule has 5 nitrogen and oxygen atoms in total. The molecule has 0 aromatic heterocycles. The minimum atomic E-state index is -3.82. The maximum Gasteiger partial charge on any atom is 0.261 e. The Morgan fingerprint density at radius 1 is 1.00 bits per heavy atom. The largest absolute Gasteiger partial charge is 0.345 e. The van der Waals surface area contributed by atoms with Crippen molar-refractivity contribution in [3.05, 3.63) is 94.3 Å². The molecule has 0 aliphatic heterocycles. The van der Waals surface area contributed by atoms with Gasteiger partial charge in [-0.25, -0.2) is 12.8 Å². The van der Waals surface area contributed by atoms with Gasteiger partial charge in [-0.1, -0.05) is 41.4 Å². The van der Waals surface area contributed by atoms with Crippen molar-refractivity contribution in [2.75, 3.05) is 4.72 Å². The van der Waals surface area contributed by atoms with Gasteiger partial charge < -0.3 is 5.32 Å². The Morgan fingerprint density at radius 2 is 1.63 bits per heavy atom. The Labute approximate surface area is 179 Å². The number of rotatable bonds is 6. The fraction of sp³-hybridized carbons (Fsp3) is 0.136. The Balaban J connectivity index is 1.79. The summed E-state index contributed by atoms with van der Waals surface area (Å²) in [6.45, 7) is 3.61. The second-order valence-corrected chi connectivity index (χ2v) is 8.95. The van der Waals surface area contributed by atoms with Gasteiger partial charge in [0.15, 0.2) is 0 Å². The van der Waals surface area contributed by atoms with Gasteiger partial charge in [-0.2, -0.15) is 0 Å². The minimum absolute atomic E-state index is 0.110. The van der Waals surface area contributed by atoms with Crippen molar-refractivity contribution in [3.63, 3.8) is 0 Å². The van der Waals surface area contributed by atoms with Crippen molar-refractivity contribution >= 4 is 33.2 Å². The van der Waals surface area contributed by atoms with E-state index in [4.69, 9.17) is 11.6 Å². The van der Waals surface area contributed by atoms with E-state index in [1.807, 2.05) is 6.92 Å². The number of carbonyl (C=O) groups excluding carboxylic acids is 1. The standard InChI is InChI=1S/C22H20ClFN2O3S/c1-14-3-10-19(11-4-14)30(28,29)26-18-9-12-21(23)20(13-18)22(27)25-15(2)16-5-7-17(24)8-6-16/h3-13,15,26H,1-2H3,(H,25,27). The van der Waals surface area contributed by atoms with Gasteiger partial charge in [-0.05, 0) is 61.9 Å². The smallest absolute Gasteiger partial charge is 0.261 e. The van der Waals surface area contributed by atoms with Crippen molar-refractivity contribution < 1.29 is 17.6 Å². The summed E-state index contributed by atoms with van der Waals surface area (Å²) in [5, 5.41) is 2.96. The highest BCUT2D eigenvalue weighted by atomic mass is 35.5. The molecule has 1 unspecified atom stereocenters. The van der Waals surface area contributed by atoms with Crippen molar-refractivity contribution in [2.24, 2.45) is 0 Å². The molecule has 1 atom stereocenters. The fourth-order valence-electron chi connectivity index (χ4n) is 2.80. The highest BCUT2D eigenvalue weighted by molar-refractivity contribution is 7.92. The molecule has 156 valence electrons. The van der Waals surface area contributed by atoms with Crippen LogP contribution in [0.15, 0.2) is 71.6 Å². The number of nitrogens with one attached hydrogen (secondary N) is 2. The molecule has 1 amide bonds. The highest BCUT2D eigenvalue weighted by Crippen LogP contribution is 2.24. The van der Waals surface area contributed by atoms with E-state index in [1.165, 1.54) is 42.5 Å². The quantitative estimate of drug-likeness (QED) is 0.554. The Bertz CT molecular complexity index is 1160. The summed E-state index contributed by atoms with van der Waals surface area (Å²) in [6.07, 6.45) is 0. The van der Waals surface area contributed by atoms with Crippen LogP contribution in [0.3, 0.4) is 0 Å². The third-order valence-electron chi connectivity index (χ3n) is 4.51. The number of amides is 1. The first-order valence-electron chi connectivity index (χ1n) is 9.11. The number of aryl methyl sites for hydroxylation is 1. The molecule has 0 fully saturated rings. The van der Waals surface area contributed by atoms with Crippen LogP contribution in [0, 0.1) is 12.7 Å². The van der Waals surface area contributed by atoms with Gasteiger partial charge >= 0.3 is 0 Å². The number of halogens is 2. The summed E-state index contributed by atoms with van der Waals surface area (Å²) in [4.78, 5) is 12.8. The fourth-order valence-corrected chi connectivity index (χ4v) is 4.06. The van der Waals surface area contributed by atoms with Gasteiger partial charge in [-0.15, -0.1) is 0 Å². The second kappa shape index (κ2) is 8.85. The van der Waals surface area contributed by atoms with E-state index in [1.54, 1.807) is 31.2 Å². The molecule has 0 saturated carbocycles. The van der Waals surface area contributed by atoms with E-state index >= 15 is 0 Å². The van der Waals surface area contributed by atoms with Crippen LogP contribution in [0.4, 0.5) is 10.1 Å². The molecule has 0 heterocycles.